The Balaban J connectivity index is 1.89. The first-order chi connectivity index (χ1) is 17.2. The van der Waals surface area contributed by atoms with Crippen LogP contribution >= 0.6 is 46.6 Å². The van der Waals surface area contributed by atoms with Crippen molar-refractivity contribution in [2.45, 2.75) is 44.6 Å². The second-order valence-corrected chi connectivity index (χ2v) is 10.9. The second-order valence-electron chi connectivity index (χ2n) is 8.71. The van der Waals surface area contributed by atoms with Gasteiger partial charge in [-0.25, -0.2) is 0 Å². The van der Waals surface area contributed by atoms with E-state index in [0.29, 0.717) is 32.8 Å². The number of nitrogens with zero attached hydrogens (tertiary/aromatic N) is 1. The van der Waals surface area contributed by atoms with Crippen LogP contribution in [0.5, 0.6) is 0 Å². The highest BCUT2D eigenvalue weighted by molar-refractivity contribution is 7.99. The van der Waals surface area contributed by atoms with Crippen molar-refractivity contribution in [3.8, 4) is 0 Å². The molecule has 3 aromatic carbocycles. The van der Waals surface area contributed by atoms with Crippen LogP contribution in [0.1, 0.15) is 30.5 Å². The van der Waals surface area contributed by atoms with Gasteiger partial charge in [0.15, 0.2) is 0 Å². The minimum Gasteiger partial charge on any atom is -0.352 e. The van der Waals surface area contributed by atoms with Crippen molar-refractivity contribution in [1.29, 1.82) is 0 Å². The first kappa shape index (κ1) is 28.4. The lowest BCUT2D eigenvalue weighted by Crippen LogP contribution is -2.52. The zero-order chi connectivity index (χ0) is 26.1. The number of hydrogen-bond acceptors (Lipinski definition) is 3. The number of carbonyl (C=O) groups is 2. The van der Waals surface area contributed by atoms with E-state index in [9.17, 15) is 9.59 Å². The van der Waals surface area contributed by atoms with Gasteiger partial charge in [-0.2, -0.15) is 0 Å². The molecule has 190 valence electrons. The van der Waals surface area contributed by atoms with E-state index in [4.69, 9.17) is 34.8 Å². The third kappa shape index (κ3) is 8.45. The molecule has 0 saturated heterocycles. The summed E-state index contributed by atoms with van der Waals surface area (Å²) < 4.78 is 0. The largest absolute Gasteiger partial charge is 0.352 e. The van der Waals surface area contributed by atoms with E-state index in [2.05, 4.69) is 5.32 Å². The zero-order valence-electron chi connectivity index (χ0n) is 20.2. The van der Waals surface area contributed by atoms with Gasteiger partial charge >= 0.3 is 0 Å². The fourth-order valence-corrected chi connectivity index (χ4v) is 5.34. The van der Waals surface area contributed by atoms with E-state index in [1.807, 2.05) is 68.4 Å². The first-order valence-electron chi connectivity index (χ1n) is 11.6. The van der Waals surface area contributed by atoms with Gasteiger partial charge in [-0.15, -0.1) is 11.8 Å². The van der Waals surface area contributed by atoms with Crippen molar-refractivity contribution in [2.75, 3.05) is 5.75 Å². The minimum absolute atomic E-state index is 0.0752. The fourth-order valence-electron chi connectivity index (χ4n) is 3.75. The molecule has 0 spiro atoms. The SMILES string of the molecule is CC(C)NC(=O)[C@@H](Cc1ccccc1)N(Cc1c(Cl)cccc1Cl)C(=O)CSCc1cccc(Cl)c1. The van der Waals surface area contributed by atoms with Crippen molar-refractivity contribution in [1.82, 2.24) is 10.2 Å². The molecule has 0 aliphatic carbocycles. The number of benzene rings is 3. The van der Waals surface area contributed by atoms with E-state index >= 15 is 0 Å². The lowest BCUT2D eigenvalue weighted by molar-refractivity contribution is -0.139. The van der Waals surface area contributed by atoms with Crippen LogP contribution in [-0.2, 0) is 28.3 Å². The molecule has 4 nitrogen and oxygen atoms in total. The molecule has 36 heavy (non-hydrogen) atoms. The summed E-state index contributed by atoms with van der Waals surface area (Å²) >= 11 is 20.5. The van der Waals surface area contributed by atoms with Crippen LogP contribution < -0.4 is 5.32 Å². The van der Waals surface area contributed by atoms with Gasteiger partial charge in [0.25, 0.3) is 0 Å². The van der Waals surface area contributed by atoms with Crippen LogP contribution in [-0.4, -0.2) is 34.6 Å². The zero-order valence-corrected chi connectivity index (χ0v) is 23.3. The number of amides is 2. The summed E-state index contributed by atoms with van der Waals surface area (Å²) in [4.78, 5) is 28.7. The molecule has 0 aliphatic rings. The molecule has 0 aromatic heterocycles. The van der Waals surface area contributed by atoms with Crippen LogP contribution in [0.4, 0.5) is 0 Å². The van der Waals surface area contributed by atoms with Gasteiger partial charge in [0.2, 0.25) is 11.8 Å². The number of thioether (sulfide) groups is 1. The summed E-state index contributed by atoms with van der Waals surface area (Å²) in [7, 11) is 0. The highest BCUT2D eigenvalue weighted by atomic mass is 35.5. The smallest absolute Gasteiger partial charge is 0.243 e. The Hall–Kier alpha value is -2.18. The number of rotatable bonds is 11. The quantitative estimate of drug-likeness (QED) is 0.272. The van der Waals surface area contributed by atoms with Gasteiger partial charge < -0.3 is 10.2 Å². The minimum atomic E-state index is -0.735. The Morgan fingerprint density at radius 1 is 0.889 bits per heavy atom. The van der Waals surface area contributed by atoms with Crippen LogP contribution in [0.3, 0.4) is 0 Å². The maximum absolute atomic E-state index is 13.7. The number of hydrogen-bond donors (Lipinski definition) is 1. The van der Waals surface area contributed by atoms with E-state index in [-0.39, 0.29) is 30.2 Å². The van der Waals surface area contributed by atoms with E-state index in [1.54, 1.807) is 23.1 Å². The lowest BCUT2D eigenvalue weighted by Gasteiger charge is -2.32. The summed E-state index contributed by atoms with van der Waals surface area (Å²) in [5.74, 6) is 0.423. The summed E-state index contributed by atoms with van der Waals surface area (Å²) in [6, 6.07) is 21.6. The maximum atomic E-state index is 13.7. The molecule has 0 aliphatic heterocycles. The highest BCUT2D eigenvalue weighted by Crippen LogP contribution is 2.28. The predicted octanol–water partition coefficient (Wildman–Crippen LogP) is 7.04. The monoisotopic (exact) mass is 562 g/mol. The topological polar surface area (TPSA) is 49.4 Å². The van der Waals surface area contributed by atoms with Gasteiger partial charge in [0.05, 0.1) is 5.75 Å². The molecule has 0 saturated carbocycles. The Bertz CT molecular complexity index is 1150. The lowest BCUT2D eigenvalue weighted by atomic mass is 10.0. The summed E-state index contributed by atoms with van der Waals surface area (Å²) in [5.41, 5.74) is 2.60. The molecule has 1 N–H and O–H groups in total. The first-order valence-corrected chi connectivity index (χ1v) is 13.9. The molecule has 8 heteroatoms. The molecular weight excluding hydrogens is 535 g/mol. The fraction of sp³-hybridized carbons (Fsp3) is 0.286. The van der Waals surface area contributed by atoms with Crippen LogP contribution in [0.25, 0.3) is 0 Å². The molecule has 3 rings (SSSR count). The van der Waals surface area contributed by atoms with Gasteiger partial charge in [-0.3, -0.25) is 9.59 Å². The number of carbonyl (C=O) groups excluding carboxylic acids is 2. The van der Waals surface area contributed by atoms with Crippen LogP contribution in [0.15, 0.2) is 72.8 Å². The molecule has 0 heterocycles. The molecular formula is C28H29Cl3N2O2S. The normalized spacial score (nSPS) is 11.8. The third-order valence-corrected chi connectivity index (χ3v) is 7.41. The molecule has 0 unspecified atom stereocenters. The van der Waals surface area contributed by atoms with Crippen molar-refractivity contribution >= 4 is 58.4 Å². The van der Waals surface area contributed by atoms with Crippen molar-refractivity contribution in [3.63, 3.8) is 0 Å². The molecule has 0 fully saturated rings. The summed E-state index contributed by atoms with van der Waals surface area (Å²) in [6.07, 6.45) is 0.367. The van der Waals surface area contributed by atoms with Crippen LogP contribution in [0.2, 0.25) is 15.1 Å². The van der Waals surface area contributed by atoms with Crippen molar-refractivity contribution < 1.29 is 9.59 Å². The van der Waals surface area contributed by atoms with Crippen LogP contribution in [0, 0.1) is 0 Å². The summed E-state index contributed by atoms with van der Waals surface area (Å²) in [6.45, 7) is 3.92. The van der Waals surface area contributed by atoms with Gasteiger partial charge in [0, 0.05) is 45.4 Å². The average Bonchev–Trinajstić information content (AvgIpc) is 2.83. The Morgan fingerprint density at radius 2 is 1.53 bits per heavy atom. The molecule has 2 amide bonds. The second kappa shape index (κ2) is 13.9. The van der Waals surface area contributed by atoms with Gasteiger partial charge in [-0.05, 0) is 49.2 Å². The van der Waals surface area contributed by atoms with E-state index in [1.165, 1.54) is 11.8 Å². The Labute approximate surface area is 232 Å². The maximum Gasteiger partial charge on any atom is 0.243 e. The van der Waals surface area contributed by atoms with Gasteiger partial charge in [0.1, 0.15) is 6.04 Å². The Morgan fingerprint density at radius 3 is 2.17 bits per heavy atom. The number of nitrogens with one attached hydrogen (secondary N) is 1. The van der Waals surface area contributed by atoms with E-state index < -0.39 is 6.04 Å². The molecule has 3 aromatic rings. The van der Waals surface area contributed by atoms with Gasteiger partial charge in [-0.1, -0.05) is 83.3 Å². The molecule has 0 bridgehead atoms. The highest BCUT2D eigenvalue weighted by Gasteiger charge is 2.31. The molecule has 0 radical (unpaired) electrons. The third-order valence-electron chi connectivity index (χ3n) is 5.48. The summed E-state index contributed by atoms with van der Waals surface area (Å²) in [5, 5.41) is 4.54. The molecule has 1 atom stereocenters. The number of halogens is 3. The van der Waals surface area contributed by atoms with Crippen molar-refractivity contribution in [3.05, 3.63) is 105 Å². The average molecular weight is 564 g/mol. The van der Waals surface area contributed by atoms with Crippen molar-refractivity contribution in [2.24, 2.45) is 0 Å². The standard InChI is InChI=1S/C28H29Cl3N2O2S/c1-19(2)32-28(35)26(15-20-8-4-3-5-9-20)33(16-23-24(30)12-7-13-25(23)31)27(34)18-36-17-21-10-6-11-22(29)14-21/h3-14,19,26H,15-18H2,1-2H3,(H,32,35)/t26-/m1/s1. The Kier molecular flexibility index (Phi) is 11.0. The predicted molar refractivity (Wildman–Crippen MR) is 152 cm³/mol. The van der Waals surface area contributed by atoms with E-state index in [0.717, 1.165) is 11.1 Å².